The molecule has 0 atom stereocenters. The fraction of sp³-hybridized carbons (Fsp3) is 0.300. The number of likely N-dealkylation sites (tertiary alicyclic amines) is 1. The van der Waals surface area contributed by atoms with E-state index in [1.165, 1.54) is 0 Å². The van der Waals surface area contributed by atoms with E-state index in [1.54, 1.807) is 17.6 Å². The van der Waals surface area contributed by atoms with Crippen molar-refractivity contribution in [3.8, 4) is 11.5 Å². The van der Waals surface area contributed by atoms with Crippen molar-refractivity contribution in [3.63, 3.8) is 0 Å². The van der Waals surface area contributed by atoms with Gasteiger partial charge in [-0.1, -0.05) is 18.2 Å². The molecule has 1 aromatic carbocycles. The first-order chi connectivity index (χ1) is 12.8. The number of rotatable bonds is 6. The summed E-state index contributed by atoms with van der Waals surface area (Å²) in [5.74, 6) is 1.12. The highest BCUT2D eigenvalue weighted by atomic mass is 32.1. The number of carbonyl (C=O) groups excluding carboxylic acids is 1. The lowest BCUT2D eigenvalue weighted by Gasteiger charge is -2.16. The van der Waals surface area contributed by atoms with Gasteiger partial charge in [-0.15, -0.1) is 11.3 Å². The second-order valence-electron chi connectivity index (χ2n) is 6.32. The highest BCUT2D eigenvalue weighted by Gasteiger charge is 2.19. The molecule has 2 aromatic heterocycles. The van der Waals surface area contributed by atoms with Crippen molar-refractivity contribution in [1.82, 2.24) is 9.47 Å². The minimum atomic E-state index is 0.278. The Morgan fingerprint density at radius 2 is 2.00 bits per heavy atom. The molecule has 0 bridgehead atoms. The molecule has 0 unspecified atom stereocenters. The van der Waals surface area contributed by atoms with Crippen molar-refractivity contribution in [3.05, 3.63) is 58.9 Å². The Kier molecular flexibility index (Phi) is 5.02. The Hall–Kier alpha value is -2.60. The number of amides is 1. The van der Waals surface area contributed by atoms with Gasteiger partial charge in [-0.05, 0) is 37.1 Å². The van der Waals surface area contributed by atoms with Crippen molar-refractivity contribution in [2.75, 3.05) is 13.1 Å². The summed E-state index contributed by atoms with van der Waals surface area (Å²) in [6.45, 7) is 2.48. The van der Waals surface area contributed by atoms with E-state index >= 15 is 0 Å². The summed E-state index contributed by atoms with van der Waals surface area (Å²) in [7, 11) is 0. The second kappa shape index (κ2) is 7.74. The molecule has 3 aromatic rings. The fourth-order valence-electron chi connectivity index (χ4n) is 3.23. The van der Waals surface area contributed by atoms with Gasteiger partial charge in [0.25, 0.3) is 0 Å². The van der Waals surface area contributed by atoms with E-state index in [0.717, 1.165) is 54.4 Å². The molecule has 3 heterocycles. The van der Waals surface area contributed by atoms with Gasteiger partial charge in [-0.25, -0.2) is 4.99 Å². The summed E-state index contributed by atoms with van der Waals surface area (Å²) in [6, 6.07) is 13.8. The molecule has 0 aliphatic carbocycles. The number of para-hydroxylation sites is 1. The van der Waals surface area contributed by atoms with Gasteiger partial charge in [-0.3, -0.25) is 4.79 Å². The highest BCUT2D eigenvalue weighted by Crippen LogP contribution is 2.22. The van der Waals surface area contributed by atoms with Crippen molar-refractivity contribution >= 4 is 22.9 Å². The SMILES string of the molecule is O=C1CCCN1CCCn1c(-c2ccco2)csc1=Nc1ccccc1. The van der Waals surface area contributed by atoms with Gasteiger partial charge in [0.1, 0.15) is 0 Å². The van der Waals surface area contributed by atoms with Gasteiger partial charge in [0.15, 0.2) is 10.6 Å². The third-order valence-electron chi connectivity index (χ3n) is 4.53. The zero-order valence-corrected chi connectivity index (χ0v) is 15.3. The van der Waals surface area contributed by atoms with Crippen LogP contribution in [0.25, 0.3) is 11.5 Å². The maximum atomic E-state index is 11.8. The quantitative estimate of drug-likeness (QED) is 0.660. The van der Waals surface area contributed by atoms with E-state index in [9.17, 15) is 4.79 Å². The van der Waals surface area contributed by atoms with Crippen LogP contribution in [-0.2, 0) is 11.3 Å². The molecule has 0 spiro atoms. The smallest absolute Gasteiger partial charge is 0.222 e. The van der Waals surface area contributed by atoms with E-state index in [4.69, 9.17) is 9.41 Å². The van der Waals surface area contributed by atoms with Crippen molar-refractivity contribution in [1.29, 1.82) is 0 Å². The monoisotopic (exact) mass is 367 g/mol. The Bertz CT molecular complexity index is 926. The molecule has 5 nitrogen and oxygen atoms in total. The number of hydrogen-bond acceptors (Lipinski definition) is 4. The largest absolute Gasteiger partial charge is 0.463 e. The number of furan rings is 1. The van der Waals surface area contributed by atoms with Crippen molar-refractivity contribution in [2.45, 2.75) is 25.8 Å². The molecule has 1 aliphatic rings. The Morgan fingerprint density at radius 3 is 2.73 bits per heavy atom. The van der Waals surface area contributed by atoms with Crippen LogP contribution in [0.4, 0.5) is 5.69 Å². The lowest BCUT2D eigenvalue weighted by atomic mass is 10.3. The van der Waals surface area contributed by atoms with E-state index in [1.807, 2.05) is 47.4 Å². The molecule has 6 heteroatoms. The van der Waals surface area contributed by atoms with Crippen LogP contribution in [0, 0.1) is 0 Å². The van der Waals surface area contributed by atoms with Gasteiger partial charge >= 0.3 is 0 Å². The molecule has 134 valence electrons. The average molecular weight is 367 g/mol. The lowest BCUT2D eigenvalue weighted by Crippen LogP contribution is -2.27. The molecule has 26 heavy (non-hydrogen) atoms. The molecule has 4 rings (SSSR count). The third-order valence-corrected chi connectivity index (χ3v) is 5.40. The zero-order chi connectivity index (χ0) is 17.8. The van der Waals surface area contributed by atoms with Gasteiger partial charge in [-0.2, -0.15) is 0 Å². The maximum absolute atomic E-state index is 11.8. The highest BCUT2D eigenvalue weighted by molar-refractivity contribution is 7.07. The molecule has 1 fully saturated rings. The normalized spacial score (nSPS) is 15.2. The fourth-order valence-corrected chi connectivity index (χ4v) is 4.17. The Balaban J connectivity index is 1.60. The van der Waals surface area contributed by atoms with Gasteiger partial charge in [0.05, 0.1) is 17.6 Å². The predicted molar refractivity (Wildman–Crippen MR) is 102 cm³/mol. The molecule has 1 amide bonds. The van der Waals surface area contributed by atoms with Gasteiger partial charge < -0.3 is 13.9 Å². The Labute approximate surface area is 156 Å². The minimum Gasteiger partial charge on any atom is -0.463 e. The Morgan fingerprint density at radius 1 is 1.12 bits per heavy atom. The topological polar surface area (TPSA) is 50.7 Å². The molecular weight excluding hydrogens is 346 g/mol. The van der Waals surface area contributed by atoms with Gasteiger partial charge in [0, 0.05) is 31.4 Å². The van der Waals surface area contributed by atoms with E-state index in [2.05, 4.69) is 9.95 Å². The number of benzene rings is 1. The number of thiazole rings is 1. The summed E-state index contributed by atoms with van der Waals surface area (Å²) >= 11 is 1.61. The van der Waals surface area contributed by atoms with E-state index < -0.39 is 0 Å². The first kappa shape index (κ1) is 16.8. The maximum Gasteiger partial charge on any atom is 0.222 e. The van der Waals surface area contributed by atoms with Crippen LogP contribution in [-0.4, -0.2) is 28.5 Å². The number of aromatic nitrogens is 1. The first-order valence-corrected chi connectivity index (χ1v) is 9.79. The predicted octanol–water partition coefficient (Wildman–Crippen LogP) is 4.05. The number of hydrogen-bond donors (Lipinski definition) is 0. The molecule has 0 radical (unpaired) electrons. The summed E-state index contributed by atoms with van der Waals surface area (Å²) < 4.78 is 7.79. The van der Waals surface area contributed by atoms with Crippen LogP contribution in [0.1, 0.15) is 19.3 Å². The van der Waals surface area contributed by atoms with Crippen LogP contribution < -0.4 is 4.80 Å². The van der Waals surface area contributed by atoms with Crippen LogP contribution in [0.5, 0.6) is 0 Å². The molecule has 1 saturated heterocycles. The summed E-state index contributed by atoms with van der Waals surface area (Å²) in [6.07, 6.45) is 4.26. The van der Waals surface area contributed by atoms with Crippen LogP contribution >= 0.6 is 11.3 Å². The van der Waals surface area contributed by atoms with E-state index in [-0.39, 0.29) is 5.91 Å². The second-order valence-corrected chi connectivity index (χ2v) is 7.15. The van der Waals surface area contributed by atoms with Crippen LogP contribution in [0.2, 0.25) is 0 Å². The summed E-state index contributed by atoms with van der Waals surface area (Å²) in [5.41, 5.74) is 1.96. The zero-order valence-electron chi connectivity index (χ0n) is 14.5. The minimum absolute atomic E-state index is 0.278. The standard InChI is InChI=1S/C20H21N3O2S/c24-19-10-4-11-22(19)12-6-13-23-17(18-9-5-14-25-18)15-26-20(23)21-16-7-2-1-3-8-16/h1-3,5,7-9,14-15H,4,6,10-13H2. The molecular formula is C20H21N3O2S. The number of carbonyl (C=O) groups is 1. The molecule has 0 saturated carbocycles. The molecule has 0 N–H and O–H groups in total. The average Bonchev–Trinajstić information content (AvgIpc) is 3.39. The van der Waals surface area contributed by atoms with Crippen LogP contribution in [0.15, 0.2) is 63.5 Å². The van der Waals surface area contributed by atoms with Crippen molar-refractivity contribution in [2.24, 2.45) is 4.99 Å². The molecule has 1 aliphatic heterocycles. The number of nitrogens with zero attached hydrogens (tertiary/aromatic N) is 3. The summed E-state index contributed by atoms with van der Waals surface area (Å²) in [4.78, 5) is 19.5. The van der Waals surface area contributed by atoms with Crippen LogP contribution in [0.3, 0.4) is 0 Å². The van der Waals surface area contributed by atoms with Crippen molar-refractivity contribution < 1.29 is 9.21 Å². The van der Waals surface area contributed by atoms with E-state index in [0.29, 0.717) is 6.42 Å². The summed E-state index contributed by atoms with van der Waals surface area (Å²) in [5, 5.41) is 2.08. The lowest BCUT2D eigenvalue weighted by molar-refractivity contribution is -0.127. The van der Waals surface area contributed by atoms with Gasteiger partial charge in [0.2, 0.25) is 5.91 Å². The third kappa shape index (κ3) is 3.65. The first-order valence-electron chi connectivity index (χ1n) is 8.91.